The van der Waals surface area contributed by atoms with Crippen LogP contribution < -0.4 is 10.6 Å². The Morgan fingerprint density at radius 1 is 1.26 bits per heavy atom. The number of rotatable bonds is 14. The number of hydrogen-bond donors (Lipinski definition) is 2. The van der Waals surface area contributed by atoms with Gasteiger partial charge in [0.25, 0.3) is 0 Å². The van der Waals surface area contributed by atoms with Gasteiger partial charge in [0, 0.05) is 12.6 Å². The Balaban J connectivity index is 2.44. The van der Waals surface area contributed by atoms with Crippen LogP contribution in [0.3, 0.4) is 0 Å². The number of carbonyl (C=O) groups is 4. The summed E-state index contributed by atoms with van der Waals surface area (Å²) in [6, 6.07) is 5.28. The zero-order chi connectivity index (χ0) is 29.2. The van der Waals surface area contributed by atoms with Crippen molar-refractivity contribution in [2.75, 3.05) is 25.2 Å². The van der Waals surface area contributed by atoms with Crippen LogP contribution in [0.2, 0.25) is 0 Å². The zero-order valence-corrected chi connectivity index (χ0v) is 24.8. The Morgan fingerprint density at radius 2 is 1.95 bits per heavy atom. The molecule has 10 heteroatoms. The smallest absolute Gasteiger partial charge is 0.408 e. The normalized spacial score (nSPS) is 17.8. The maximum atomic E-state index is 14.2. The number of alkyl carbamates (subject to hydrolysis) is 1. The van der Waals surface area contributed by atoms with Crippen LogP contribution in [0.4, 0.5) is 4.79 Å². The third kappa shape index (κ3) is 10.2. The number of amides is 3. The number of nitrogens with one attached hydrogen (secondary N) is 2. The standard InChI is InChI=1S/C29H43N3O6S/c1-8-20-11-10-12-21(18-20)25(26(34)30-15-13-24(33)37-9-2)32(23-17-19(23)3)27(35)22(14-16-39-7)31-28(36)38-29(4,5)6/h8,10-12,18-19,22-23,25H,1,9,13-17H2,2-7H3,(H,30,34)(H,31,36). The molecule has 39 heavy (non-hydrogen) atoms. The molecule has 0 heterocycles. The lowest BCUT2D eigenvalue weighted by molar-refractivity contribution is -0.145. The van der Waals surface area contributed by atoms with Gasteiger partial charge >= 0.3 is 12.1 Å². The van der Waals surface area contributed by atoms with Gasteiger partial charge in [0.05, 0.1) is 13.0 Å². The first-order valence-corrected chi connectivity index (χ1v) is 14.8. The van der Waals surface area contributed by atoms with Gasteiger partial charge in [0.2, 0.25) is 11.8 Å². The van der Waals surface area contributed by atoms with E-state index in [1.54, 1.807) is 56.5 Å². The van der Waals surface area contributed by atoms with Crippen LogP contribution >= 0.6 is 11.8 Å². The van der Waals surface area contributed by atoms with E-state index < -0.39 is 35.7 Å². The first kappa shape index (κ1) is 32.2. The molecule has 1 aromatic rings. The molecule has 1 aliphatic carbocycles. The average molecular weight is 562 g/mol. The molecule has 0 spiro atoms. The van der Waals surface area contributed by atoms with Crippen molar-refractivity contribution < 1.29 is 28.7 Å². The molecule has 1 aliphatic rings. The topological polar surface area (TPSA) is 114 Å². The summed E-state index contributed by atoms with van der Waals surface area (Å²) in [6.07, 6.45) is 4.05. The van der Waals surface area contributed by atoms with E-state index in [0.29, 0.717) is 17.7 Å². The molecule has 1 aromatic carbocycles. The van der Waals surface area contributed by atoms with Gasteiger partial charge in [-0.25, -0.2) is 4.79 Å². The van der Waals surface area contributed by atoms with E-state index >= 15 is 0 Å². The largest absolute Gasteiger partial charge is 0.466 e. The number of carbonyl (C=O) groups excluding carboxylic acids is 4. The second kappa shape index (κ2) is 15.0. The molecule has 3 amide bonds. The molecule has 4 unspecified atom stereocenters. The van der Waals surface area contributed by atoms with Gasteiger partial charge in [0.15, 0.2) is 0 Å². The number of benzene rings is 1. The molecular formula is C29H43N3O6S. The van der Waals surface area contributed by atoms with E-state index in [1.807, 2.05) is 31.4 Å². The predicted molar refractivity (Wildman–Crippen MR) is 154 cm³/mol. The summed E-state index contributed by atoms with van der Waals surface area (Å²) < 4.78 is 10.4. The van der Waals surface area contributed by atoms with Gasteiger partial charge < -0.3 is 25.0 Å². The van der Waals surface area contributed by atoms with Crippen molar-refractivity contribution >= 4 is 41.7 Å². The molecule has 2 N–H and O–H groups in total. The molecule has 9 nitrogen and oxygen atoms in total. The summed E-state index contributed by atoms with van der Waals surface area (Å²) in [5, 5.41) is 5.57. The Bertz CT molecular complexity index is 1020. The predicted octanol–water partition coefficient (Wildman–Crippen LogP) is 4.32. The first-order chi connectivity index (χ1) is 18.4. The van der Waals surface area contributed by atoms with Gasteiger partial charge in [-0.2, -0.15) is 11.8 Å². The highest BCUT2D eigenvalue weighted by molar-refractivity contribution is 7.98. The molecule has 0 aliphatic heterocycles. The van der Waals surface area contributed by atoms with Gasteiger partial charge in [-0.05, 0) is 75.7 Å². The second-order valence-electron chi connectivity index (χ2n) is 10.6. The van der Waals surface area contributed by atoms with Crippen LogP contribution in [0.5, 0.6) is 0 Å². The Morgan fingerprint density at radius 3 is 2.51 bits per heavy atom. The van der Waals surface area contributed by atoms with E-state index in [9.17, 15) is 19.2 Å². The molecule has 0 saturated heterocycles. The van der Waals surface area contributed by atoms with Gasteiger partial charge in [-0.3, -0.25) is 14.4 Å². The molecule has 2 rings (SSSR count). The third-order valence-electron chi connectivity index (χ3n) is 6.20. The minimum Gasteiger partial charge on any atom is -0.466 e. The van der Waals surface area contributed by atoms with E-state index in [1.165, 1.54) is 0 Å². The minimum atomic E-state index is -0.966. The maximum Gasteiger partial charge on any atom is 0.408 e. The summed E-state index contributed by atoms with van der Waals surface area (Å²) in [7, 11) is 0. The first-order valence-electron chi connectivity index (χ1n) is 13.4. The lowest BCUT2D eigenvalue weighted by Gasteiger charge is -2.35. The van der Waals surface area contributed by atoms with Crippen LogP contribution in [0.25, 0.3) is 6.08 Å². The van der Waals surface area contributed by atoms with Crippen LogP contribution in [-0.2, 0) is 23.9 Å². The number of thioether (sulfide) groups is 1. The fourth-order valence-electron chi connectivity index (χ4n) is 4.21. The monoisotopic (exact) mass is 561 g/mol. The van der Waals surface area contributed by atoms with E-state index in [-0.39, 0.29) is 37.4 Å². The molecule has 0 bridgehead atoms. The highest BCUT2D eigenvalue weighted by Crippen LogP contribution is 2.41. The van der Waals surface area contributed by atoms with Crippen molar-refractivity contribution in [3.63, 3.8) is 0 Å². The Kier molecular flexibility index (Phi) is 12.3. The number of ether oxygens (including phenoxy) is 2. The number of hydrogen-bond acceptors (Lipinski definition) is 7. The molecule has 216 valence electrons. The van der Waals surface area contributed by atoms with Crippen molar-refractivity contribution in [1.82, 2.24) is 15.5 Å². The van der Waals surface area contributed by atoms with E-state index in [4.69, 9.17) is 9.47 Å². The summed E-state index contributed by atoms with van der Waals surface area (Å²) >= 11 is 1.56. The molecule has 0 aromatic heterocycles. The summed E-state index contributed by atoms with van der Waals surface area (Å²) in [6.45, 7) is 13.2. The van der Waals surface area contributed by atoms with Gasteiger partial charge in [-0.1, -0.05) is 37.8 Å². The summed E-state index contributed by atoms with van der Waals surface area (Å²) in [4.78, 5) is 54.0. The van der Waals surface area contributed by atoms with Crippen molar-refractivity contribution in [2.45, 2.75) is 77.6 Å². The SMILES string of the molecule is C=Cc1cccc(C(C(=O)NCCC(=O)OCC)N(C(=O)C(CCSC)NC(=O)OC(C)(C)C)C2CC2C)c1. The Labute approximate surface area is 236 Å². The highest BCUT2D eigenvalue weighted by Gasteiger charge is 2.48. The van der Waals surface area contributed by atoms with Crippen LogP contribution in [0.1, 0.15) is 71.0 Å². The second-order valence-corrected chi connectivity index (χ2v) is 11.6. The quantitative estimate of drug-likeness (QED) is 0.325. The van der Waals surface area contributed by atoms with Crippen molar-refractivity contribution in [2.24, 2.45) is 5.92 Å². The number of esters is 1. The van der Waals surface area contributed by atoms with Gasteiger partial charge in [-0.15, -0.1) is 0 Å². The molecule has 1 fully saturated rings. The van der Waals surface area contributed by atoms with Crippen LogP contribution in [0.15, 0.2) is 30.8 Å². The molecule has 0 radical (unpaired) electrons. The number of nitrogens with zero attached hydrogens (tertiary/aromatic N) is 1. The van der Waals surface area contributed by atoms with Crippen molar-refractivity contribution in [1.29, 1.82) is 0 Å². The summed E-state index contributed by atoms with van der Waals surface area (Å²) in [5.74, 6) is -0.352. The highest BCUT2D eigenvalue weighted by atomic mass is 32.2. The van der Waals surface area contributed by atoms with Crippen molar-refractivity contribution in [3.05, 3.63) is 42.0 Å². The average Bonchev–Trinajstić information content (AvgIpc) is 3.59. The zero-order valence-electron chi connectivity index (χ0n) is 24.0. The molecule has 4 atom stereocenters. The fourth-order valence-corrected chi connectivity index (χ4v) is 4.68. The minimum absolute atomic E-state index is 0.0172. The Hall–Kier alpha value is -3.01. The fraction of sp³-hybridized carbons (Fsp3) is 0.586. The lowest BCUT2D eigenvalue weighted by atomic mass is 9.99. The maximum absolute atomic E-state index is 14.2. The molecule has 1 saturated carbocycles. The van der Waals surface area contributed by atoms with Crippen molar-refractivity contribution in [3.8, 4) is 0 Å². The van der Waals surface area contributed by atoms with E-state index in [0.717, 1.165) is 12.0 Å². The van der Waals surface area contributed by atoms with Gasteiger partial charge in [0.1, 0.15) is 17.7 Å². The van der Waals surface area contributed by atoms with Crippen LogP contribution in [-0.4, -0.2) is 71.6 Å². The lowest BCUT2D eigenvalue weighted by Crippen LogP contribution is -2.54. The van der Waals surface area contributed by atoms with Crippen LogP contribution in [0, 0.1) is 5.92 Å². The summed E-state index contributed by atoms with van der Waals surface area (Å²) in [5.41, 5.74) is 0.696. The van der Waals surface area contributed by atoms with E-state index in [2.05, 4.69) is 17.2 Å². The molecular weight excluding hydrogens is 518 g/mol. The third-order valence-corrected chi connectivity index (χ3v) is 6.84.